The number of nitrogens with zero attached hydrogens (tertiary/aromatic N) is 5. The lowest BCUT2D eigenvalue weighted by Gasteiger charge is -2.35. The molecule has 2 aliphatic rings. The van der Waals surface area contributed by atoms with Crippen molar-refractivity contribution in [1.29, 1.82) is 0 Å². The molecule has 1 atom stereocenters. The number of rotatable bonds is 3. The van der Waals surface area contributed by atoms with E-state index in [2.05, 4.69) is 20.3 Å². The van der Waals surface area contributed by atoms with Crippen molar-refractivity contribution >= 4 is 16.9 Å². The molecule has 38 heavy (non-hydrogen) atoms. The number of anilines is 1. The maximum atomic E-state index is 16.2. The van der Waals surface area contributed by atoms with Gasteiger partial charge in [-0.2, -0.15) is 4.98 Å². The first-order valence-electron chi connectivity index (χ1n) is 12.5. The summed E-state index contributed by atoms with van der Waals surface area (Å²) < 4.78 is 38.5. The Morgan fingerprint density at radius 2 is 2.03 bits per heavy atom. The van der Waals surface area contributed by atoms with Gasteiger partial charge in [0.05, 0.1) is 23.0 Å². The number of benzene rings is 1. The van der Waals surface area contributed by atoms with Crippen molar-refractivity contribution in [3.05, 3.63) is 63.8 Å². The van der Waals surface area contributed by atoms with Crippen molar-refractivity contribution in [2.24, 2.45) is 0 Å². The fourth-order valence-electron chi connectivity index (χ4n) is 5.29. The lowest BCUT2D eigenvalue weighted by molar-refractivity contribution is 0.264. The lowest BCUT2D eigenvalue weighted by Crippen LogP contribution is -2.54. The number of aromatic nitrogens is 4. The van der Waals surface area contributed by atoms with E-state index >= 15 is 4.39 Å². The molecule has 5 heterocycles. The van der Waals surface area contributed by atoms with Gasteiger partial charge in [-0.3, -0.25) is 4.98 Å². The summed E-state index contributed by atoms with van der Waals surface area (Å²) in [4.78, 5) is 29.2. The number of fused-ring (bicyclic) bond motifs is 2. The topological polar surface area (TPSA) is 105 Å². The van der Waals surface area contributed by atoms with Gasteiger partial charge < -0.3 is 20.1 Å². The zero-order valence-corrected chi connectivity index (χ0v) is 21.1. The summed E-state index contributed by atoms with van der Waals surface area (Å²) in [7, 11) is 0. The molecule has 4 aromatic rings. The lowest BCUT2D eigenvalue weighted by atomic mass is 10.0. The SMILES string of the molecule is Cc1ccnc(C(C)C)c1-n1c(=O)nc2c3c(c(F)c(-c4c(O)cccc4F)nc31)OC[C@H]1CNCCN21. The summed E-state index contributed by atoms with van der Waals surface area (Å²) in [5.74, 6) is -2.27. The van der Waals surface area contributed by atoms with Gasteiger partial charge in [-0.15, -0.1) is 0 Å². The van der Waals surface area contributed by atoms with Gasteiger partial charge in [0, 0.05) is 25.8 Å². The van der Waals surface area contributed by atoms with Crippen molar-refractivity contribution in [3.8, 4) is 28.4 Å². The number of hydrogen-bond acceptors (Lipinski definition) is 8. The van der Waals surface area contributed by atoms with Crippen LogP contribution in [0.15, 0.2) is 35.3 Å². The van der Waals surface area contributed by atoms with Crippen LogP contribution < -0.4 is 20.6 Å². The molecule has 0 amide bonds. The van der Waals surface area contributed by atoms with Crippen LogP contribution in [-0.2, 0) is 0 Å². The summed E-state index contributed by atoms with van der Waals surface area (Å²) in [6.07, 6.45) is 1.66. The Bertz CT molecular complexity index is 1630. The monoisotopic (exact) mass is 520 g/mol. The predicted octanol–water partition coefficient (Wildman–Crippen LogP) is 3.43. The predicted molar refractivity (Wildman–Crippen MR) is 138 cm³/mol. The van der Waals surface area contributed by atoms with Crippen LogP contribution in [-0.4, -0.2) is 56.9 Å². The van der Waals surface area contributed by atoms with Crippen LogP contribution in [0.2, 0.25) is 0 Å². The van der Waals surface area contributed by atoms with Gasteiger partial charge in [-0.05, 0) is 36.6 Å². The second-order valence-electron chi connectivity index (χ2n) is 9.87. The van der Waals surface area contributed by atoms with E-state index in [9.17, 15) is 14.3 Å². The minimum absolute atomic E-state index is 0.0474. The Kier molecular flexibility index (Phi) is 5.75. The van der Waals surface area contributed by atoms with Gasteiger partial charge in [-0.1, -0.05) is 19.9 Å². The second kappa shape index (κ2) is 9.02. The molecule has 0 radical (unpaired) electrons. The molecule has 1 saturated heterocycles. The van der Waals surface area contributed by atoms with Crippen LogP contribution in [0.1, 0.15) is 31.0 Å². The summed E-state index contributed by atoms with van der Waals surface area (Å²) in [5.41, 5.74) is 0.382. The van der Waals surface area contributed by atoms with Crippen LogP contribution in [0, 0.1) is 18.6 Å². The maximum absolute atomic E-state index is 16.2. The molecule has 1 aromatic carbocycles. The summed E-state index contributed by atoms with van der Waals surface area (Å²) in [6, 6.07) is 5.23. The van der Waals surface area contributed by atoms with Crippen LogP contribution in [0.25, 0.3) is 28.0 Å². The average Bonchev–Trinajstić information content (AvgIpc) is 3.05. The minimum Gasteiger partial charge on any atom is -0.507 e. The van der Waals surface area contributed by atoms with E-state index < -0.39 is 34.3 Å². The number of piperazine rings is 1. The van der Waals surface area contributed by atoms with Crippen molar-refractivity contribution in [2.75, 3.05) is 31.1 Å². The first-order valence-corrected chi connectivity index (χ1v) is 12.5. The van der Waals surface area contributed by atoms with Crippen LogP contribution in [0.4, 0.5) is 14.6 Å². The first-order chi connectivity index (χ1) is 18.3. The molecule has 11 heteroatoms. The fourth-order valence-corrected chi connectivity index (χ4v) is 5.29. The van der Waals surface area contributed by atoms with Gasteiger partial charge in [0.2, 0.25) is 0 Å². The zero-order valence-electron chi connectivity index (χ0n) is 21.1. The van der Waals surface area contributed by atoms with Crippen LogP contribution >= 0.6 is 0 Å². The molecule has 0 spiro atoms. The van der Waals surface area contributed by atoms with Gasteiger partial charge >= 0.3 is 5.69 Å². The number of phenols is 1. The molecule has 0 unspecified atom stereocenters. The Morgan fingerprint density at radius 1 is 1.21 bits per heavy atom. The standard InChI is InChI=1S/C27H26F2N6O3/c1-13(2)21-23(14(3)7-8-31-21)35-26-19-24(20(29)22(32-26)18-16(28)5-4-6-17(18)36)38-12-15-11-30-9-10-34(15)25(19)33-27(35)37/h4-8,13,15,30,36H,9-12H2,1-3H3/t15-/m1/s1. The van der Waals surface area contributed by atoms with E-state index in [0.717, 1.165) is 11.6 Å². The molecule has 9 nitrogen and oxygen atoms in total. The minimum atomic E-state index is -0.939. The summed E-state index contributed by atoms with van der Waals surface area (Å²) in [5, 5.41) is 14.0. The third-order valence-corrected chi connectivity index (χ3v) is 7.10. The number of nitrogens with one attached hydrogen (secondary N) is 1. The van der Waals surface area contributed by atoms with E-state index in [0.29, 0.717) is 31.0 Å². The Hall–Kier alpha value is -4.12. The number of phenolic OH excluding ortho intramolecular Hbond substituents is 1. The van der Waals surface area contributed by atoms with Gasteiger partial charge in [-0.25, -0.2) is 23.1 Å². The van der Waals surface area contributed by atoms with E-state index in [1.807, 2.05) is 25.7 Å². The molecular formula is C27H26F2N6O3. The van der Waals surface area contributed by atoms with Gasteiger partial charge in [0.25, 0.3) is 0 Å². The molecule has 2 N–H and O–H groups in total. The molecule has 1 fully saturated rings. The third-order valence-electron chi connectivity index (χ3n) is 7.10. The highest BCUT2D eigenvalue weighted by Gasteiger charge is 2.35. The molecule has 0 saturated carbocycles. The Balaban J connectivity index is 1.80. The van der Waals surface area contributed by atoms with Crippen LogP contribution in [0.5, 0.6) is 11.5 Å². The fraction of sp³-hybridized carbons (Fsp3) is 0.333. The zero-order chi connectivity index (χ0) is 26.7. The van der Waals surface area contributed by atoms with E-state index in [1.54, 1.807) is 12.3 Å². The van der Waals surface area contributed by atoms with Crippen molar-refractivity contribution in [3.63, 3.8) is 0 Å². The summed E-state index contributed by atoms with van der Waals surface area (Å²) >= 11 is 0. The Labute approximate surface area is 216 Å². The molecule has 196 valence electrons. The molecule has 3 aromatic heterocycles. The van der Waals surface area contributed by atoms with E-state index in [-0.39, 0.29) is 41.2 Å². The van der Waals surface area contributed by atoms with Crippen molar-refractivity contribution in [2.45, 2.75) is 32.7 Å². The number of hydrogen-bond donors (Lipinski definition) is 2. The number of halogens is 2. The number of pyridine rings is 2. The van der Waals surface area contributed by atoms with E-state index in [1.165, 1.54) is 16.7 Å². The van der Waals surface area contributed by atoms with Crippen molar-refractivity contribution in [1.82, 2.24) is 24.8 Å². The summed E-state index contributed by atoms with van der Waals surface area (Å²) in [6.45, 7) is 7.57. The van der Waals surface area contributed by atoms with Crippen molar-refractivity contribution < 1.29 is 18.6 Å². The number of aryl methyl sites for hydroxylation is 1. The van der Waals surface area contributed by atoms with Crippen LogP contribution in [0.3, 0.4) is 0 Å². The normalized spacial score (nSPS) is 16.9. The molecule has 0 aliphatic carbocycles. The molecule has 0 bridgehead atoms. The highest BCUT2D eigenvalue weighted by atomic mass is 19.1. The molecule has 2 aliphatic heterocycles. The van der Waals surface area contributed by atoms with Gasteiger partial charge in [0.15, 0.2) is 17.2 Å². The number of aromatic hydroxyl groups is 1. The average molecular weight is 521 g/mol. The second-order valence-corrected chi connectivity index (χ2v) is 9.87. The smallest absolute Gasteiger partial charge is 0.355 e. The third kappa shape index (κ3) is 3.60. The first kappa shape index (κ1) is 24.2. The quantitative estimate of drug-likeness (QED) is 0.424. The van der Waals surface area contributed by atoms with Gasteiger partial charge in [0.1, 0.15) is 35.1 Å². The maximum Gasteiger partial charge on any atom is 0.355 e. The largest absolute Gasteiger partial charge is 0.507 e. The van der Waals surface area contributed by atoms with E-state index in [4.69, 9.17) is 4.74 Å². The highest BCUT2D eigenvalue weighted by Crippen LogP contribution is 2.43. The Morgan fingerprint density at radius 3 is 2.79 bits per heavy atom. The highest BCUT2D eigenvalue weighted by molar-refractivity contribution is 5.97. The molecule has 6 rings (SSSR count). The molecular weight excluding hydrogens is 494 g/mol. The number of ether oxygens (including phenoxy) is 1.